The smallest absolute Gasteiger partial charge is 0.328 e. The van der Waals surface area contributed by atoms with E-state index in [1.807, 2.05) is 30.3 Å². The first kappa shape index (κ1) is 10.6. The molecule has 80 valence electrons. The summed E-state index contributed by atoms with van der Waals surface area (Å²) in [6.45, 7) is 0. The average molecular weight is 231 g/mol. The Morgan fingerprint density at radius 3 is 2.75 bits per heavy atom. The molecule has 2 rings (SSSR count). The Hall–Kier alpha value is -1.94. The zero-order chi connectivity index (χ0) is 11.4. The molecule has 0 atom stereocenters. The van der Waals surface area contributed by atoms with Gasteiger partial charge in [-0.15, -0.1) is 11.3 Å². The minimum Gasteiger partial charge on any atom is -0.478 e. The summed E-state index contributed by atoms with van der Waals surface area (Å²) in [5.74, 6) is -0.949. The fourth-order valence-corrected chi connectivity index (χ4v) is 2.06. The number of hydrogen-bond acceptors (Lipinski definition) is 3. The van der Waals surface area contributed by atoms with Gasteiger partial charge in [-0.05, 0) is 6.08 Å². The predicted molar refractivity (Wildman–Crippen MR) is 64.2 cm³/mol. The van der Waals surface area contributed by atoms with Gasteiger partial charge in [-0.1, -0.05) is 30.3 Å². The Labute approximate surface area is 96.7 Å². The summed E-state index contributed by atoms with van der Waals surface area (Å²) in [7, 11) is 0. The molecule has 0 fully saturated rings. The van der Waals surface area contributed by atoms with E-state index in [2.05, 4.69) is 4.98 Å². The Morgan fingerprint density at radius 1 is 1.31 bits per heavy atom. The first-order valence-electron chi connectivity index (χ1n) is 4.68. The second-order valence-electron chi connectivity index (χ2n) is 3.11. The van der Waals surface area contributed by atoms with Gasteiger partial charge in [0.25, 0.3) is 0 Å². The molecule has 16 heavy (non-hydrogen) atoms. The first-order chi connectivity index (χ1) is 7.75. The zero-order valence-corrected chi connectivity index (χ0v) is 9.15. The average Bonchev–Trinajstić information content (AvgIpc) is 2.76. The Kier molecular flexibility index (Phi) is 3.12. The Morgan fingerprint density at radius 2 is 2.06 bits per heavy atom. The number of nitrogens with zero attached hydrogens (tertiary/aromatic N) is 1. The number of rotatable bonds is 3. The molecule has 1 aromatic carbocycles. The fourth-order valence-electron chi connectivity index (χ4n) is 1.23. The van der Waals surface area contributed by atoms with Gasteiger partial charge in [-0.2, -0.15) is 0 Å². The molecule has 2 aromatic rings. The van der Waals surface area contributed by atoms with Crippen molar-refractivity contribution in [2.75, 3.05) is 0 Å². The zero-order valence-electron chi connectivity index (χ0n) is 8.33. The van der Waals surface area contributed by atoms with Crippen LogP contribution in [-0.4, -0.2) is 16.1 Å². The molecular formula is C12H9NO2S. The molecule has 4 heteroatoms. The van der Waals surface area contributed by atoms with Crippen LogP contribution < -0.4 is 0 Å². The number of carboxylic acids is 1. The highest BCUT2D eigenvalue weighted by Gasteiger charge is 2.01. The van der Waals surface area contributed by atoms with Gasteiger partial charge < -0.3 is 5.11 Å². The highest BCUT2D eigenvalue weighted by molar-refractivity contribution is 7.15. The van der Waals surface area contributed by atoms with E-state index in [0.717, 1.165) is 21.5 Å². The molecule has 0 saturated carbocycles. The minimum absolute atomic E-state index is 0.834. The Balaban J connectivity index is 2.23. The quantitative estimate of drug-likeness (QED) is 0.826. The van der Waals surface area contributed by atoms with Gasteiger partial charge in [-0.25, -0.2) is 9.78 Å². The number of aliphatic carboxylic acids is 1. The van der Waals surface area contributed by atoms with Crippen LogP contribution in [0.1, 0.15) is 4.88 Å². The van der Waals surface area contributed by atoms with Crippen molar-refractivity contribution in [1.29, 1.82) is 0 Å². The second kappa shape index (κ2) is 4.72. The molecule has 0 radical (unpaired) electrons. The fraction of sp³-hybridized carbons (Fsp3) is 0. The van der Waals surface area contributed by atoms with Crippen LogP contribution in [0.2, 0.25) is 0 Å². The van der Waals surface area contributed by atoms with Crippen molar-refractivity contribution in [2.24, 2.45) is 0 Å². The molecular weight excluding hydrogens is 222 g/mol. The third-order valence-electron chi connectivity index (χ3n) is 1.93. The van der Waals surface area contributed by atoms with Crippen LogP contribution in [0, 0.1) is 0 Å². The van der Waals surface area contributed by atoms with Crippen LogP contribution in [0.4, 0.5) is 0 Å². The van der Waals surface area contributed by atoms with Crippen LogP contribution >= 0.6 is 11.3 Å². The molecule has 0 saturated heterocycles. The van der Waals surface area contributed by atoms with E-state index in [1.54, 1.807) is 12.3 Å². The van der Waals surface area contributed by atoms with E-state index >= 15 is 0 Å². The molecule has 1 N–H and O–H groups in total. The maximum Gasteiger partial charge on any atom is 0.328 e. The van der Waals surface area contributed by atoms with E-state index in [-0.39, 0.29) is 0 Å². The number of benzene rings is 1. The molecule has 3 nitrogen and oxygen atoms in total. The van der Waals surface area contributed by atoms with Crippen LogP contribution in [-0.2, 0) is 4.79 Å². The van der Waals surface area contributed by atoms with Crippen molar-refractivity contribution in [3.63, 3.8) is 0 Å². The third kappa shape index (κ3) is 2.55. The standard InChI is InChI=1S/C12H9NO2S/c14-11(15)7-6-10-8-13-12(16-10)9-4-2-1-3-5-9/h1-8H,(H,14,15). The maximum absolute atomic E-state index is 10.3. The van der Waals surface area contributed by atoms with Crippen molar-refractivity contribution < 1.29 is 9.90 Å². The number of aromatic nitrogens is 1. The number of hydrogen-bond donors (Lipinski definition) is 1. The second-order valence-corrected chi connectivity index (χ2v) is 4.17. The lowest BCUT2D eigenvalue weighted by atomic mass is 10.2. The Bertz CT molecular complexity index is 517. The number of thiazole rings is 1. The maximum atomic E-state index is 10.3. The van der Waals surface area contributed by atoms with Crippen molar-refractivity contribution in [2.45, 2.75) is 0 Å². The molecule has 0 unspecified atom stereocenters. The summed E-state index contributed by atoms with van der Waals surface area (Å²) in [5.41, 5.74) is 1.04. The van der Waals surface area contributed by atoms with Gasteiger partial charge in [0.05, 0.1) is 0 Å². The summed E-state index contributed by atoms with van der Waals surface area (Å²) >= 11 is 1.47. The minimum atomic E-state index is -0.949. The third-order valence-corrected chi connectivity index (χ3v) is 2.95. The summed E-state index contributed by atoms with van der Waals surface area (Å²) < 4.78 is 0. The molecule has 0 spiro atoms. The summed E-state index contributed by atoms with van der Waals surface area (Å²) in [5, 5.41) is 9.39. The van der Waals surface area contributed by atoms with Crippen molar-refractivity contribution in [3.05, 3.63) is 47.5 Å². The summed E-state index contributed by atoms with van der Waals surface area (Å²) in [4.78, 5) is 15.4. The lowest BCUT2D eigenvalue weighted by molar-refractivity contribution is -0.131. The van der Waals surface area contributed by atoms with Crippen LogP contribution in [0.25, 0.3) is 16.6 Å². The van der Waals surface area contributed by atoms with Crippen molar-refractivity contribution >= 4 is 23.4 Å². The van der Waals surface area contributed by atoms with Crippen molar-refractivity contribution in [3.8, 4) is 10.6 Å². The molecule has 0 bridgehead atoms. The SMILES string of the molecule is O=C(O)C=Cc1cnc(-c2ccccc2)s1. The number of carbonyl (C=O) groups is 1. The summed E-state index contributed by atoms with van der Waals surface area (Å²) in [6.07, 6.45) is 4.33. The first-order valence-corrected chi connectivity index (χ1v) is 5.49. The van der Waals surface area contributed by atoms with Gasteiger partial charge in [0, 0.05) is 22.7 Å². The lowest BCUT2D eigenvalue weighted by Crippen LogP contribution is -1.84. The van der Waals surface area contributed by atoms with Gasteiger partial charge in [0.15, 0.2) is 0 Å². The van der Waals surface area contributed by atoms with Crippen LogP contribution in [0.3, 0.4) is 0 Å². The lowest BCUT2D eigenvalue weighted by Gasteiger charge is -1.92. The van der Waals surface area contributed by atoms with Gasteiger partial charge in [0.1, 0.15) is 5.01 Å². The highest BCUT2D eigenvalue weighted by Crippen LogP contribution is 2.25. The van der Waals surface area contributed by atoms with Crippen molar-refractivity contribution in [1.82, 2.24) is 4.98 Å². The van der Waals surface area contributed by atoms with Crippen LogP contribution in [0.5, 0.6) is 0 Å². The predicted octanol–water partition coefficient (Wildman–Crippen LogP) is 2.91. The van der Waals surface area contributed by atoms with Gasteiger partial charge in [-0.3, -0.25) is 0 Å². The summed E-state index contributed by atoms with van der Waals surface area (Å²) in [6, 6.07) is 9.79. The van der Waals surface area contributed by atoms with E-state index in [1.165, 1.54) is 11.3 Å². The van der Waals surface area contributed by atoms with Crippen LogP contribution in [0.15, 0.2) is 42.6 Å². The van der Waals surface area contributed by atoms with Gasteiger partial charge in [0.2, 0.25) is 0 Å². The number of carboxylic acid groups (broad SMARTS) is 1. The van der Waals surface area contributed by atoms with E-state index in [4.69, 9.17) is 5.11 Å². The monoisotopic (exact) mass is 231 g/mol. The molecule has 1 aromatic heterocycles. The highest BCUT2D eigenvalue weighted by atomic mass is 32.1. The molecule has 0 aliphatic rings. The van der Waals surface area contributed by atoms with E-state index < -0.39 is 5.97 Å². The largest absolute Gasteiger partial charge is 0.478 e. The van der Waals surface area contributed by atoms with E-state index in [9.17, 15) is 4.79 Å². The normalized spacial score (nSPS) is 10.8. The molecule has 0 aliphatic carbocycles. The topological polar surface area (TPSA) is 50.2 Å². The molecule has 0 aliphatic heterocycles. The molecule has 1 heterocycles. The molecule has 0 amide bonds. The van der Waals surface area contributed by atoms with Gasteiger partial charge >= 0.3 is 5.97 Å². The van der Waals surface area contributed by atoms with E-state index in [0.29, 0.717) is 0 Å².